The van der Waals surface area contributed by atoms with Crippen LogP contribution in [0.5, 0.6) is 0 Å². The molecule has 0 spiro atoms. The van der Waals surface area contributed by atoms with Crippen LogP contribution in [0, 0.1) is 13.8 Å². The third kappa shape index (κ3) is 2.92. The fourth-order valence-electron chi connectivity index (χ4n) is 3.16. The van der Waals surface area contributed by atoms with E-state index < -0.39 is 0 Å². The van der Waals surface area contributed by atoms with E-state index in [0.29, 0.717) is 5.69 Å². The Bertz CT molecular complexity index is 1100. The molecule has 4 rings (SSSR count). The van der Waals surface area contributed by atoms with Crippen LogP contribution >= 0.6 is 0 Å². The van der Waals surface area contributed by atoms with E-state index in [9.17, 15) is 4.79 Å². The second-order valence-electron chi connectivity index (χ2n) is 6.79. The third-order valence-electron chi connectivity index (χ3n) is 4.58. The molecule has 0 saturated heterocycles. The smallest absolute Gasteiger partial charge is 0.241 e. The lowest BCUT2D eigenvalue weighted by molar-refractivity contribution is -0.670. The first kappa shape index (κ1) is 16.3. The first-order valence-corrected chi connectivity index (χ1v) is 8.63. The molecule has 0 atom stereocenters. The summed E-state index contributed by atoms with van der Waals surface area (Å²) in [6.07, 6.45) is 5.90. The maximum Gasteiger partial charge on any atom is 0.241 e. The zero-order chi connectivity index (χ0) is 18.3. The number of aromatic amines is 1. The molecule has 0 radical (unpaired) electrons. The van der Waals surface area contributed by atoms with Crippen molar-refractivity contribution < 1.29 is 9.36 Å². The lowest BCUT2D eigenvalue weighted by atomic mass is 10.0. The van der Waals surface area contributed by atoms with Crippen LogP contribution in [0.4, 0.5) is 0 Å². The Morgan fingerprint density at radius 1 is 1.12 bits per heavy atom. The molecule has 0 unspecified atom stereocenters. The topological polar surface area (TPSA) is 54.0 Å². The van der Waals surface area contributed by atoms with E-state index in [2.05, 4.69) is 36.2 Å². The highest BCUT2D eigenvalue weighted by molar-refractivity contribution is 5.96. The Balaban J connectivity index is 1.84. The van der Waals surface area contributed by atoms with Crippen molar-refractivity contribution in [1.82, 2.24) is 14.4 Å². The number of hydrogen-bond donors (Lipinski definition) is 1. The van der Waals surface area contributed by atoms with Gasteiger partial charge in [0.05, 0.1) is 24.9 Å². The summed E-state index contributed by atoms with van der Waals surface area (Å²) in [6.45, 7) is 4.11. The van der Waals surface area contributed by atoms with Gasteiger partial charge in [0.15, 0.2) is 0 Å². The van der Waals surface area contributed by atoms with Gasteiger partial charge in [-0.3, -0.25) is 4.79 Å². The van der Waals surface area contributed by atoms with Crippen molar-refractivity contribution in [2.45, 2.75) is 20.3 Å². The normalized spacial score (nSPS) is 11.2. The van der Waals surface area contributed by atoms with E-state index in [1.165, 1.54) is 5.56 Å². The average molecular weight is 345 g/mol. The molecule has 5 nitrogen and oxygen atoms in total. The number of pyridine rings is 1. The van der Waals surface area contributed by atoms with E-state index >= 15 is 0 Å². The number of carbonyl (C=O) groups excluding carboxylic acids is 1. The summed E-state index contributed by atoms with van der Waals surface area (Å²) in [6, 6.07) is 12.3. The predicted molar refractivity (Wildman–Crippen MR) is 100 cm³/mol. The largest absolute Gasteiger partial charge is 0.303 e. The monoisotopic (exact) mass is 345 g/mol. The molecular weight excluding hydrogens is 324 g/mol. The number of imidazole rings is 2. The van der Waals surface area contributed by atoms with Crippen molar-refractivity contribution in [2.75, 3.05) is 0 Å². The zero-order valence-corrected chi connectivity index (χ0v) is 15.2. The average Bonchev–Trinajstić information content (AvgIpc) is 3.20. The van der Waals surface area contributed by atoms with Crippen molar-refractivity contribution in [3.63, 3.8) is 0 Å². The standard InChI is InChI=1S/C21H20N4O/c1-14-4-7-16(8-5-14)21-18(10-19(26)17-12-24(3)13-22-17)25-11-15(2)6-9-20(25)23-21/h4-9,11-13H,10H2,1-3H3/p+1. The van der Waals surface area contributed by atoms with Crippen LogP contribution in [0.3, 0.4) is 0 Å². The van der Waals surface area contributed by atoms with Crippen molar-refractivity contribution in [3.8, 4) is 11.3 Å². The fraction of sp³-hybridized carbons (Fsp3) is 0.190. The lowest BCUT2D eigenvalue weighted by Gasteiger charge is -2.05. The summed E-state index contributed by atoms with van der Waals surface area (Å²) in [7, 11) is 1.89. The molecule has 0 amide bonds. The summed E-state index contributed by atoms with van der Waals surface area (Å²) in [5.74, 6) is 0.0438. The maximum atomic E-state index is 12.8. The molecule has 0 bridgehead atoms. The molecule has 0 aliphatic carbocycles. The van der Waals surface area contributed by atoms with Crippen molar-refractivity contribution >= 4 is 11.4 Å². The van der Waals surface area contributed by atoms with E-state index in [-0.39, 0.29) is 12.2 Å². The molecule has 3 aromatic heterocycles. The van der Waals surface area contributed by atoms with Gasteiger partial charge in [-0.1, -0.05) is 35.9 Å². The number of benzene rings is 1. The number of fused-ring (bicyclic) bond motifs is 1. The fourth-order valence-corrected chi connectivity index (χ4v) is 3.16. The minimum atomic E-state index is 0.0438. The highest BCUT2D eigenvalue weighted by atomic mass is 16.1. The SMILES string of the molecule is Cc1ccc(-c2nc3ccc(C)cn3c2CC(=O)c2c[n+](C)c[nH]2)cc1. The molecule has 3 heterocycles. The Morgan fingerprint density at radius 3 is 2.54 bits per heavy atom. The van der Waals surface area contributed by atoms with Gasteiger partial charge in [0, 0.05) is 11.8 Å². The zero-order valence-electron chi connectivity index (χ0n) is 15.2. The van der Waals surface area contributed by atoms with Gasteiger partial charge in [-0.2, -0.15) is 0 Å². The Labute approximate surface area is 152 Å². The maximum absolute atomic E-state index is 12.8. The molecule has 0 aliphatic rings. The molecule has 5 heteroatoms. The van der Waals surface area contributed by atoms with Gasteiger partial charge >= 0.3 is 0 Å². The number of aromatic nitrogens is 4. The number of aryl methyl sites for hydroxylation is 3. The van der Waals surface area contributed by atoms with Crippen molar-refractivity contribution in [2.24, 2.45) is 7.05 Å². The first-order valence-electron chi connectivity index (χ1n) is 8.63. The molecule has 1 aromatic carbocycles. The molecule has 130 valence electrons. The number of rotatable bonds is 4. The van der Waals surface area contributed by atoms with Gasteiger partial charge in [-0.05, 0) is 25.5 Å². The molecular formula is C21H21N4O+. The Morgan fingerprint density at radius 2 is 1.85 bits per heavy atom. The van der Waals surface area contributed by atoms with E-state index in [4.69, 9.17) is 4.98 Å². The van der Waals surface area contributed by atoms with Crippen LogP contribution in [-0.4, -0.2) is 20.2 Å². The Kier molecular flexibility index (Phi) is 3.92. The lowest BCUT2D eigenvalue weighted by Crippen LogP contribution is -2.23. The minimum Gasteiger partial charge on any atom is -0.303 e. The molecule has 26 heavy (non-hydrogen) atoms. The molecule has 0 aliphatic heterocycles. The van der Waals surface area contributed by atoms with Crippen LogP contribution < -0.4 is 4.57 Å². The molecule has 0 fully saturated rings. The van der Waals surface area contributed by atoms with Gasteiger partial charge < -0.3 is 4.40 Å². The van der Waals surface area contributed by atoms with Crippen LogP contribution in [0.1, 0.15) is 27.3 Å². The van der Waals surface area contributed by atoms with Gasteiger partial charge in [0.25, 0.3) is 0 Å². The summed E-state index contributed by atoms with van der Waals surface area (Å²) in [5, 5.41) is 0. The van der Waals surface area contributed by atoms with Crippen LogP contribution in [-0.2, 0) is 13.5 Å². The number of ketones is 1. The molecule has 4 aromatic rings. The number of Topliss-reactive ketones (excluding diaryl/α,β-unsaturated/α-hetero) is 1. The van der Waals surface area contributed by atoms with Gasteiger partial charge in [0.2, 0.25) is 17.8 Å². The summed E-state index contributed by atoms with van der Waals surface area (Å²) in [4.78, 5) is 20.6. The Hall–Kier alpha value is -3.21. The van der Waals surface area contributed by atoms with Crippen LogP contribution in [0.2, 0.25) is 0 Å². The second kappa shape index (κ2) is 6.26. The third-order valence-corrected chi connectivity index (χ3v) is 4.58. The number of nitrogens with zero attached hydrogens (tertiary/aromatic N) is 3. The number of H-pyrrole nitrogens is 1. The first-order chi connectivity index (χ1) is 12.5. The van der Waals surface area contributed by atoms with Gasteiger partial charge in [0.1, 0.15) is 11.8 Å². The predicted octanol–water partition coefficient (Wildman–Crippen LogP) is 3.20. The van der Waals surface area contributed by atoms with Crippen molar-refractivity contribution in [1.29, 1.82) is 0 Å². The summed E-state index contributed by atoms with van der Waals surface area (Å²) < 4.78 is 3.87. The number of hydrogen-bond acceptors (Lipinski definition) is 2. The highest BCUT2D eigenvalue weighted by Crippen LogP contribution is 2.26. The van der Waals surface area contributed by atoms with E-state index in [1.54, 1.807) is 6.33 Å². The number of nitrogens with one attached hydrogen (secondary N) is 1. The van der Waals surface area contributed by atoms with Gasteiger partial charge in [-0.25, -0.2) is 14.5 Å². The molecule has 1 N–H and O–H groups in total. The quantitative estimate of drug-likeness (QED) is 0.456. The van der Waals surface area contributed by atoms with E-state index in [0.717, 1.165) is 28.2 Å². The van der Waals surface area contributed by atoms with Crippen LogP contribution in [0.15, 0.2) is 55.1 Å². The van der Waals surface area contributed by atoms with E-state index in [1.807, 2.05) is 47.5 Å². The molecule has 0 saturated carbocycles. The van der Waals surface area contributed by atoms with Crippen LogP contribution in [0.25, 0.3) is 16.9 Å². The second-order valence-corrected chi connectivity index (χ2v) is 6.79. The summed E-state index contributed by atoms with van der Waals surface area (Å²) >= 11 is 0. The summed E-state index contributed by atoms with van der Waals surface area (Å²) in [5.41, 5.74) is 6.58. The highest BCUT2D eigenvalue weighted by Gasteiger charge is 2.21. The minimum absolute atomic E-state index is 0.0438. The van der Waals surface area contributed by atoms with Crippen molar-refractivity contribution in [3.05, 3.63) is 77.6 Å². The van der Waals surface area contributed by atoms with Gasteiger partial charge in [-0.15, -0.1) is 0 Å². The number of carbonyl (C=O) groups is 1.